The Hall–Kier alpha value is -2.20. The lowest BCUT2D eigenvalue weighted by Gasteiger charge is -2.37. The number of nitrogens with zero attached hydrogens (tertiary/aromatic N) is 2. The van der Waals surface area contributed by atoms with Gasteiger partial charge in [0.25, 0.3) is 5.91 Å². The molecule has 120 valence electrons. The molecule has 1 aliphatic rings. The Kier molecular flexibility index (Phi) is 4.44. The summed E-state index contributed by atoms with van der Waals surface area (Å²) in [5.74, 6) is 0.0925. The molecule has 1 fully saturated rings. The van der Waals surface area contributed by atoms with E-state index in [0.29, 0.717) is 23.8 Å². The molecular weight excluding hydrogens is 310 g/mol. The molecule has 0 saturated carbocycles. The van der Waals surface area contributed by atoms with Gasteiger partial charge in [-0.1, -0.05) is 35.9 Å². The number of rotatable bonds is 2. The van der Waals surface area contributed by atoms with Crippen LogP contribution in [0.4, 0.5) is 11.4 Å². The number of halogens is 1. The first-order valence-electron chi connectivity index (χ1n) is 7.72. The zero-order chi connectivity index (χ0) is 16.4. The van der Waals surface area contributed by atoms with E-state index in [-0.39, 0.29) is 5.91 Å². The van der Waals surface area contributed by atoms with Crippen molar-refractivity contribution in [2.45, 2.75) is 6.92 Å². The van der Waals surface area contributed by atoms with E-state index in [0.717, 1.165) is 29.9 Å². The standard InChI is InChI=1S/C18H20ClN3O/c1-13-5-2-3-6-14(13)18(23)22-11-9-21(10-12-22)17-15(19)7-4-8-16(17)20/h2-8H,9-12,20H2,1H3. The molecule has 23 heavy (non-hydrogen) atoms. The van der Waals surface area contributed by atoms with Crippen molar-refractivity contribution in [2.24, 2.45) is 0 Å². The van der Waals surface area contributed by atoms with E-state index < -0.39 is 0 Å². The van der Waals surface area contributed by atoms with Gasteiger partial charge < -0.3 is 15.5 Å². The van der Waals surface area contributed by atoms with Gasteiger partial charge in [0.05, 0.1) is 16.4 Å². The van der Waals surface area contributed by atoms with Crippen LogP contribution in [0.25, 0.3) is 0 Å². The first kappa shape index (κ1) is 15.7. The van der Waals surface area contributed by atoms with Crippen molar-refractivity contribution in [3.05, 3.63) is 58.6 Å². The first-order chi connectivity index (χ1) is 11.1. The summed E-state index contributed by atoms with van der Waals surface area (Å²) in [5.41, 5.74) is 9.39. The van der Waals surface area contributed by atoms with Crippen molar-refractivity contribution >= 4 is 28.9 Å². The lowest BCUT2D eigenvalue weighted by atomic mass is 10.1. The van der Waals surface area contributed by atoms with Gasteiger partial charge in [0, 0.05) is 31.7 Å². The molecule has 0 aromatic heterocycles. The lowest BCUT2D eigenvalue weighted by Crippen LogP contribution is -2.49. The van der Waals surface area contributed by atoms with Crippen LogP contribution in [-0.2, 0) is 0 Å². The maximum atomic E-state index is 12.7. The molecule has 0 radical (unpaired) electrons. The zero-order valence-electron chi connectivity index (χ0n) is 13.1. The Morgan fingerprint density at radius 1 is 1.04 bits per heavy atom. The number of piperazine rings is 1. The number of nitrogens with two attached hydrogens (primary N) is 1. The number of hydrogen-bond donors (Lipinski definition) is 1. The summed E-state index contributed by atoms with van der Waals surface area (Å²) in [6.45, 7) is 4.75. The average Bonchev–Trinajstić information content (AvgIpc) is 2.55. The molecule has 0 aliphatic carbocycles. The molecule has 1 amide bonds. The van der Waals surface area contributed by atoms with Crippen molar-refractivity contribution < 1.29 is 4.79 Å². The van der Waals surface area contributed by atoms with Crippen molar-refractivity contribution in [1.29, 1.82) is 0 Å². The minimum absolute atomic E-state index is 0.0925. The Bertz CT molecular complexity index is 704. The smallest absolute Gasteiger partial charge is 0.254 e. The van der Waals surface area contributed by atoms with E-state index in [9.17, 15) is 4.79 Å². The number of amides is 1. The predicted molar refractivity (Wildman–Crippen MR) is 95.2 cm³/mol. The van der Waals surface area contributed by atoms with Gasteiger partial charge in [0.1, 0.15) is 0 Å². The maximum Gasteiger partial charge on any atom is 0.254 e. The molecule has 2 N–H and O–H groups in total. The minimum Gasteiger partial charge on any atom is -0.397 e. The summed E-state index contributed by atoms with van der Waals surface area (Å²) in [7, 11) is 0. The third kappa shape index (κ3) is 3.13. The molecule has 1 heterocycles. The molecule has 0 spiro atoms. The molecule has 4 nitrogen and oxygen atoms in total. The van der Waals surface area contributed by atoms with Crippen molar-refractivity contribution in [3.63, 3.8) is 0 Å². The van der Waals surface area contributed by atoms with Crippen LogP contribution in [-0.4, -0.2) is 37.0 Å². The van der Waals surface area contributed by atoms with Crippen molar-refractivity contribution in [1.82, 2.24) is 4.90 Å². The number of carbonyl (C=O) groups is 1. The third-order valence-corrected chi connectivity index (χ3v) is 4.58. The molecular formula is C18H20ClN3O. The SMILES string of the molecule is Cc1ccccc1C(=O)N1CCN(c2c(N)cccc2Cl)CC1. The highest BCUT2D eigenvalue weighted by Gasteiger charge is 2.24. The second kappa shape index (κ2) is 6.50. The monoisotopic (exact) mass is 329 g/mol. The van der Waals surface area contributed by atoms with Crippen LogP contribution in [0.2, 0.25) is 5.02 Å². The van der Waals surface area contributed by atoms with E-state index in [2.05, 4.69) is 4.90 Å². The molecule has 2 aromatic rings. The predicted octanol–water partition coefficient (Wildman–Crippen LogP) is 3.19. The quantitative estimate of drug-likeness (QED) is 0.861. The summed E-state index contributed by atoms with van der Waals surface area (Å²) in [5, 5.41) is 0.656. The summed E-state index contributed by atoms with van der Waals surface area (Å²) in [6.07, 6.45) is 0. The normalized spacial score (nSPS) is 14.9. The van der Waals surface area contributed by atoms with E-state index in [1.165, 1.54) is 0 Å². The molecule has 3 rings (SSSR count). The van der Waals surface area contributed by atoms with Gasteiger partial charge in [-0.05, 0) is 30.7 Å². The van der Waals surface area contributed by atoms with Gasteiger partial charge in [0.15, 0.2) is 0 Å². The second-order valence-electron chi connectivity index (χ2n) is 5.77. The van der Waals surface area contributed by atoms with Gasteiger partial charge in [0.2, 0.25) is 0 Å². The largest absolute Gasteiger partial charge is 0.397 e. The van der Waals surface area contributed by atoms with Crippen LogP contribution in [0.1, 0.15) is 15.9 Å². The number of para-hydroxylation sites is 1. The van der Waals surface area contributed by atoms with E-state index >= 15 is 0 Å². The minimum atomic E-state index is 0.0925. The topological polar surface area (TPSA) is 49.6 Å². The van der Waals surface area contributed by atoms with Crippen molar-refractivity contribution in [3.8, 4) is 0 Å². The van der Waals surface area contributed by atoms with Crippen LogP contribution in [0.5, 0.6) is 0 Å². The number of nitrogen functional groups attached to an aromatic ring is 1. The number of benzene rings is 2. The molecule has 5 heteroatoms. The van der Waals surface area contributed by atoms with Crippen LogP contribution < -0.4 is 10.6 Å². The van der Waals surface area contributed by atoms with Gasteiger partial charge in [-0.25, -0.2) is 0 Å². The number of aryl methyl sites for hydroxylation is 1. The van der Waals surface area contributed by atoms with Gasteiger partial charge in [-0.15, -0.1) is 0 Å². The number of carbonyl (C=O) groups excluding carboxylic acids is 1. The van der Waals surface area contributed by atoms with E-state index in [4.69, 9.17) is 17.3 Å². The average molecular weight is 330 g/mol. The molecule has 0 unspecified atom stereocenters. The maximum absolute atomic E-state index is 12.7. The van der Waals surface area contributed by atoms with E-state index in [1.54, 1.807) is 0 Å². The third-order valence-electron chi connectivity index (χ3n) is 4.28. The summed E-state index contributed by atoms with van der Waals surface area (Å²) >= 11 is 6.28. The van der Waals surface area contributed by atoms with Gasteiger partial charge in [-0.2, -0.15) is 0 Å². The Balaban J connectivity index is 1.72. The van der Waals surface area contributed by atoms with Crippen LogP contribution in [0.15, 0.2) is 42.5 Å². The fraction of sp³-hybridized carbons (Fsp3) is 0.278. The highest BCUT2D eigenvalue weighted by molar-refractivity contribution is 6.34. The zero-order valence-corrected chi connectivity index (χ0v) is 13.9. The van der Waals surface area contributed by atoms with Crippen molar-refractivity contribution in [2.75, 3.05) is 36.8 Å². The lowest BCUT2D eigenvalue weighted by molar-refractivity contribution is 0.0746. The van der Waals surface area contributed by atoms with Crippen LogP contribution >= 0.6 is 11.6 Å². The fourth-order valence-electron chi connectivity index (χ4n) is 2.98. The summed E-state index contributed by atoms with van der Waals surface area (Å²) < 4.78 is 0. The van der Waals surface area contributed by atoms with E-state index in [1.807, 2.05) is 54.3 Å². The summed E-state index contributed by atoms with van der Waals surface area (Å²) in [6, 6.07) is 13.2. The molecule has 0 bridgehead atoms. The Labute approximate surface area is 141 Å². The second-order valence-corrected chi connectivity index (χ2v) is 6.18. The fourth-order valence-corrected chi connectivity index (χ4v) is 3.28. The Morgan fingerprint density at radius 2 is 1.74 bits per heavy atom. The Morgan fingerprint density at radius 3 is 2.39 bits per heavy atom. The molecule has 2 aromatic carbocycles. The van der Waals surface area contributed by atoms with Gasteiger partial charge in [-0.3, -0.25) is 4.79 Å². The highest BCUT2D eigenvalue weighted by Crippen LogP contribution is 2.32. The molecule has 0 atom stereocenters. The molecule has 1 aliphatic heterocycles. The number of anilines is 2. The van der Waals surface area contributed by atoms with Crippen LogP contribution in [0.3, 0.4) is 0 Å². The molecule has 1 saturated heterocycles. The number of hydrogen-bond acceptors (Lipinski definition) is 3. The van der Waals surface area contributed by atoms with Crippen LogP contribution in [0, 0.1) is 6.92 Å². The first-order valence-corrected chi connectivity index (χ1v) is 8.09. The summed E-state index contributed by atoms with van der Waals surface area (Å²) in [4.78, 5) is 16.7. The highest BCUT2D eigenvalue weighted by atomic mass is 35.5. The van der Waals surface area contributed by atoms with Gasteiger partial charge >= 0.3 is 0 Å².